The molecule has 0 N–H and O–H groups in total. The number of halogens is 2. The fourth-order valence-electron chi connectivity index (χ4n) is 0.510. The fraction of sp³-hybridized carbons (Fsp3) is 1.00. The Morgan fingerprint density at radius 1 is 1.12 bits per heavy atom. The van der Waals surface area contributed by atoms with Gasteiger partial charge in [0.15, 0.2) is 0 Å². The first-order valence-corrected chi connectivity index (χ1v) is 4.90. The van der Waals surface area contributed by atoms with Gasteiger partial charge in [-0.2, -0.15) is 0 Å². The molecule has 0 amide bonds. The van der Waals surface area contributed by atoms with E-state index in [4.69, 9.17) is 4.74 Å². The molecule has 4 heteroatoms. The van der Waals surface area contributed by atoms with Crippen LogP contribution in [-0.2, 0) is 17.9 Å². The van der Waals surface area contributed by atoms with E-state index in [9.17, 15) is 0 Å². The van der Waals surface area contributed by atoms with E-state index in [2.05, 4.69) is 20.2 Å². The van der Waals surface area contributed by atoms with Crippen LogP contribution in [-0.4, -0.2) is 13.2 Å². The van der Waals surface area contributed by atoms with Crippen LogP contribution in [0.25, 0.3) is 0 Å². The zero-order chi connectivity index (χ0) is 6.24. The maximum absolute atomic E-state index is 4.94. The van der Waals surface area contributed by atoms with Crippen molar-refractivity contribution in [1.29, 1.82) is 0 Å². The van der Waals surface area contributed by atoms with Crippen molar-refractivity contribution in [3.8, 4) is 0 Å². The van der Waals surface area contributed by atoms with Gasteiger partial charge in [0.2, 0.25) is 0 Å². The second-order valence-electron chi connectivity index (χ2n) is 1.36. The van der Waals surface area contributed by atoms with Crippen LogP contribution >= 0.6 is 20.2 Å². The molecular weight excluding hydrogens is 198 g/mol. The van der Waals surface area contributed by atoms with Crippen LogP contribution in [0.2, 0.25) is 0 Å². The summed E-state index contributed by atoms with van der Waals surface area (Å²) < 4.78 is 4.94. The molecule has 0 unspecified atom stereocenters. The van der Waals surface area contributed by atoms with Gasteiger partial charge in [0.05, 0.1) is 0 Å². The van der Waals surface area contributed by atoms with Crippen LogP contribution in [0.15, 0.2) is 0 Å². The first-order valence-electron chi connectivity index (χ1n) is 2.31. The number of ether oxygens (including phenoxy) is 1. The van der Waals surface area contributed by atoms with Crippen molar-refractivity contribution in [3.05, 3.63) is 0 Å². The van der Waals surface area contributed by atoms with Gasteiger partial charge in [-0.3, -0.25) is 0 Å². The monoisotopic (exact) mass is 205 g/mol. The van der Waals surface area contributed by atoms with E-state index in [1.54, 1.807) is 0 Å². The molecular formula is C4H8Cl2CuO. The van der Waals surface area contributed by atoms with Gasteiger partial charge in [-0.1, -0.05) is 0 Å². The first-order chi connectivity index (χ1) is 3.91. The van der Waals surface area contributed by atoms with Crippen molar-refractivity contribution in [2.45, 2.75) is 12.8 Å². The summed E-state index contributed by atoms with van der Waals surface area (Å²) in [4.78, 5) is 0. The minimum absolute atomic E-state index is 0.757. The third-order valence-corrected chi connectivity index (χ3v) is 0.827. The van der Waals surface area contributed by atoms with Crippen LogP contribution < -0.4 is 0 Å². The van der Waals surface area contributed by atoms with Gasteiger partial charge >= 0.3 is 33.3 Å². The molecule has 1 aliphatic heterocycles. The Morgan fingerprint density at radius 3 is 1.62 bits per heavy atom. The summed E-state index contributed by atoms with van der Waals surface area (Å²) >= 11 is 0.757. The Labute approximate surface area is 64.3 Å². The van der Waals surface area contributed by atoms with E-state index < -0.39 is 0 Å². The quantitative estimate of drug-likeness (QED) is 0.552. The Hall–Kier alpha value is 1.06. The topological polar surface area (TPSA) is 9.23 Å². The van der Waals surface area contributed by atoms with E-state index in [0.717, 1.165) is 26.3 Å². The molecule has 0 radical (unpaired) electrons. The van der Waals surface area contributed by atoms with Crippen molar-refractivity contribution in [2.75, 3.05) is 13.2 Å². The minimum atomic E-state index is 0.757. The van der Waals surface area contributed by atoms with E-state index in [0.29, 0.717) is 0 Å². The van der Waals surface area contributed by atoms with E-state index >= 15 is 0 Å². The Balaban J connectivity index is 0.000000145. The van der Waals surface area contributed by atoms with Crippen molar-refractivity contribution in [3.63, 3.8) is 0 Å². The second kappa shape index (κ2) is 8.06. The van der Waals surface area contributed by atoms with E-state index in [1.807, 2.05) is 0 Å². The van der Waals surface area contributed by atoms with Crippen LogP contribution in [0.3, 0.4) is 0 Å². The normalized spacial score (nSPS) is 17.8. The molecule has 0 aliphatic carbocycles. The number of hydrogen-bond donors (Lipinski definition) is 0. The molecule has 0 spiro atoms. The van der Waals surface area contributed by atoms with Crippen LogP contribution in [0.5, 0.6) is 0 Å². The van der Waals surface area contributed by atoms with Gasteiger partial charge in [-0.25, -0.2) is 0 Å². The molecule has 0 bridgehead atoms. The first kappa shape index (κ1) is 9.06. The SMILES string of the molecule is C1CCOC1.[Cl][Cu][Cl]. The molecule has 55 valence electrons. The fourth-order valence-corrected chi connectivity index (χ4v) is 0.510. The zero-order valence-corrected chi connectivity index (χ0v) is 6.75. The van der Waals surface area contributed by atoms with Gasteiger partial charge < -0.3 is 4.74 Å². The molecule has 1 fully saturated rings. The van der Waals surface area contributed by atoms with Crippen molar-refractivity contribution >= 4 is 20.2 Å². The number of hydrogen-bond acceptors (Lipinski definition) is 1. The summed E-state index contributed by atoms with van der Waals surface area (Å²) in [6, 6.07) is 0. The summed E-state index contributed by atoms with van der Waals surface area (Å²) in [6.07, 6.45) is 2.56. The molecule has 1 rings (SSSR count). The van der Waals surface area contributed by atoms with Gasteiger partial charge in [-0.05, 0) is 12.8 Å². The van der Waals surface area contributed by atoms with Crippen molar-refractivity contribution < 1.29 is 17.9 Å². The van der Waals surface area contributed by atoms with Crippen LogP contribution in [0, 0.1) is 0 Å². The molecule has 1 saturated heterocycles. The van der Waals surface area contributed by atoms with Gasteiger partial charge in [0.25, 0.3) is 0 Å². The Kier molecular flexibility index (Phi) is 9.13. The predicted octanol–water partition coefficient (Wildman–Crippen LogP) is 2.17. The number of rotatable bonds is 0. The summed E-state index contributed by atoms with van der Waals surface area (Å²) in [5, 5.41) is 0. The third-order valence-electron chi connectivity index (χ3n) is 0.827. The van der Waals surface area contributed by atoms with E-state index in [1.165, 1.54) is 12.8 Å². The Bertz CT molecular complexity index is 33.4. The zero-order valence-electron chi connectivity index (χ0n) is 4.29. The average Bonchev–Trinajstić information content (AvgIpc) is 2.17. The van der Waals surface area contributed by atoms with Crippen molar-refractivity contribution in [1.82, 2.24) is 0 Å². The predicted molar refractivity (Wildman–Crippen MR) is 31.8 cm³/mol. The standard InChI is InChI=1S/C4H8O.2ClH.Cu/c1-2-4-5-3-1;;;/h1-4H2;2*1H;/q;;;+2/p-2. The molecule has 1 heterocycles. The van der Waals surface area contributed by atoms with Gasteiger partial charge in [-0.15, -0.1) is 0 Å². The molecule has 0 aromatic heterocycles. The molecule has 0 atom stereocenters. The summed E-state index contributed by atoms with van der Waals surface area (Å²) in [7, 11) is 9.34. The Morgan fingerprint density at radius 2 is 1.50 bits per heavy atom. The second-order valence-corrected chi connectivity index (χ2v) is 2.92. The molecule has 0 aromatic rings. The molecule has 8 heavy (non-hydrogen) atoms. The molecule has 0 saturated carbocycles. The van der Waals surface area contributed by atoms with Crippen molar-refractivity contribution in [2.24, 2.45) is 0 Å². The molecule has 1 aliphatic rings. The summed E-state index contributed by atoms with van der Waals surface area (Å²) in [6.45, 7) is 2.00. The molecule has 1 nitrogen and oxygen atoms in total. The van der Waals surface area contributed by atoms with E-state index in [-0.39, 0.29) is 0 Å². The summed E-state index contributed by atoms with van der Waals surface area (Å²) in [5.74, 6) is 0. The van der Waals surface area contributed by atoms with Crippen LogP contribution in [0.4, 0.5) is 0 Å². The molecule has 0 aromatic carbocycles. The van der Waals surface area contributed by atoms with Gasteiger partial charge in [0, 0.05) is 13.2 Å². The van der Waals surface area contributed by atoms with Gasteiger partial charge in [0.1, 0.15) is 0 Å². The van der Waals surface area contributed by atoms with Crippen LogP contribution in [0.1, 0.15) is 12.8 Å². The average molecular weight is 207 g/mol. The maximum atomic E-state index is 4.94. The third kappa shape index (κ3) is 7.06. The summed E-state index contributed by atoms with van der Waals surface area (Å²) in [5.41, 5.74) is 0.